The van der Waals surface area contributed by atoms with E-state index in [1.165, 1.54) is 7.11 Å². The van der Waals surface area contributed by atoms with Crippen LogP contribution in [0, 0.1) is 0 Å². The summed E-state index contributed by atoms with van der Waals surface area (Å²) in [4.78, 5) is 0. The van der Waals surface area contributed by atoms with E-state index in [0.717, 1.165) is 11.0 Å². The molecule has 0 radical (unpaired) electrons. The van der Waals surface area contributed by atoms with Crippen molar-refractivity contribution in [1.29, 1.82) is 0 Å². The van der Waals surface area contributed by atoms with Gasteiger partial charge in [-0.1, -0.05) is 12.1 Å². The molecule has 2 rings (SSSR count). The molecule has 0 bridgehead atoms. The predicted molar refractivity (Wildman–Crippen MR) is 47.2 cm³/mol. The zero-order valence-electron chi connectivity index (χ0n) is 6.70. The maximum Gasteiger partial charge on any atom is 0.309 e. The summed E-state index contributed by atoms with van der Waals surface area (Å²) in [6.07, 6.45) is 0. The molecule has 0 fully saturated rings. The fourth-order valence-corrected chi connectivity index (χ4v) is 1.19. The fourth-order valence-electron chi connectivity index (χ4n) is 1.19. The van der Waals surface area contributed by atoms with Crippen LogP contribution >= 0.6 is 0 Å². The number of nitrogens with two attached hydrogens (primary N) is 1. The van der Waals surface area contributed by atoms with Gasteiger partial charge in [-0.2, -0.15) is 0 Å². The van der Waals surface area contributed by atoms with Crippen molar-refractivity contribution in [1.82, 2.24) is 0 Å². The number of rotatable bonds is 1. The molecule has 1 aromatic carbocycles. The van der Waals surface area contributed by atoms with E-state index in [1.807, 2.05) is 24.3 Å². The average Bonchev–Trinajstić information content (AvgIpc) is 2.44. The van der Waals surface area contributed by atoms with Crippen molar-refractivity contribution in [3.8, 4) is 5.95 Å². The lowest BCUT2D eigenvalue weighted by molar-refractivity contribution is 0.318. The van der Waals surface area contributed by atoms with Crippen molar-refractivity contribution in [3.05, 3.63) is 24.3 Å². The first-order valence-electron chi connectivity index (χ1n) is 3.64. The normalized spacial score (nSPS) is 10.4. The lowest BCUT2D eigenvalue weighted by Crippen LogP contribution is -1.87. The number of ether oxygens (including phenoxy) is 1. The first-order chi connectivity index (χ1) is 5.83. The average molecular weight is 163 g/mol. The fraction of sp³-hybridized carbons (Fsp3) is 0.111. The van der Waals surface area contributed by atoms with Gasteiger partial charge in [0.15, 0.2) is 0 Å². The highest BCUT2D eigenvalue weighted by Gasteiger charge is 2.09. The molecule has 62 valence electrons. The van der Waals surface area contributed by atoms with Crippen LogP contribution < -0.4 is 10.5 Å². The van der Waals surface area contributed by atoms with Crippen LogP contribution in [0.2, 0.25) is 0 Å². The SMILES string of the molecule is COc1oc2ccccc2c1N. The minimum Gasteiger partial charge on any atom is -0.467 e. The van der Waals surface area contributed by atoms with Crippen LogP contribution in [0.4, 0.5) is 5.69 Å². The van der Waals surface area contributed by atoms with Gasteiger partial charge in [0.1, 0.15) is 11.3 Å². The Labute approximate surface area is 69.7 Å². The van der Waals surface area contributed by atoms with Crippen molar-refractivity contribution >= 4 is 16.7 Å². The smallest absolute Gasteiger partial charge is 0.309 e. The van der Waals surface area contributed by atoms with E-state index in [4.69, 9.17) is 14.9 Å². The monoisotopic (exact) mass is 163 g/mol. The Morgan fingerprint density at radius 3 is 2.75 bits per heavy atom. The number of hydrogen-bond acceptors (Lipinski definition) is 3. The maximum absolute atomic E-state index is 5.73. The van der Waals surface area contributed by atoms with E-state index >= 15 is 0 Å². The van der Waals surface area contributed by atoms with Crippen molar-refractivity contribution in [2.24, 2.45) is 0 Å². The van der Waals surface area contributed by atoms with Gasteiger partial charge >= 0.3 is 5.95 Å². The third-order valence-corrected chi connectivity index (χ3v) is 1.79. The molecular formula is C9H9NO2. The third-order valence-electron chi connectivity index (χ3n) is 1.79. The first-order valence-corrected chi connectivity index (χ1v) is 3.64. The number of furan rings is 1. The molecule has 0 unspecified atom stereocenters. The Hall–Kier alpha value is -1.64. The highest BCUT2D eigenvalue weighted by Crippen LogP contribution is 2.33. The van der Waals surface area contributed by atoms with Crippen molar-refractivity contribution < 1.29 is 9.15 Å². The summed E-state index contributed by atoms with van der Waals surface area (Å²) in [5.41, 5.74) is 7.05. The zero-order chi connectivity index (χ0) is 8.55. The van der Waals surface area contributed by atoms with Crippen molar-refractivity contribution in [2.75, 3.05) is 12.8 Å². The molecule has 3 nitrogen and oxygen atoms in total. The number of para-hydroxylation sites is 1. The Morgan fingerprint density at radius 1 is 1.33 bits per heavy atom. The Bertz CT molecular complexity index is 406. The molecule has 1 aromatic heterocycles. The summed E-state index contributed by atoms with van der Waals surface area (Å²) in [6.45, 7) is 0. The van der Waals surface area contributed by atoms with Gasteiger partial charge in [-0.15, -0.1) is 0 Å². The second-order valence-electron chi connectivity index (χ2n) is 2.50. The Balaban J connectivity index is 2.78. The Kier molecular flexibility index (Phi) is 1.43. The lowest BCUT2D eigenvalue weighted by atomic mass is 10.2. The molecule has 2 N–H and O–H groups in total. The van der Waals surface area contributed by atoms with Gasteiger partial charge in [-0.05, 0) is 12.1 Å². The van der Waals surface area contributed by atoms with Crippen molar-refractivity contribution in [3.63, 3.8) is 0 Å². The largest absolute Gasteiger partial charge is 0.467 e. The van der Waals surface area contributed by atoms with E-state index in [1.54, 1.807) is 0 Å². The molecule has 0 aliphatic heterocycles. The van der Waals surface area contributed by atoms with Crippen LogP contribution in [0.5, 0.6) is 5.95 Å². The third kappa shape index (κ3) is 0.830. The second kappa shape index (κ2) is 2.44. The number of anilines is 1. The Morgan fingerprint density at radius 2 is 2.08 bits per heavy atom. The standard InChI is InChI=1S/C9H9NO2/c1-11-9-8(10)6-4-2-3-5-7(6)12-9/h2-5H,10H2,1H3. The van der Waals surface area contributed by atoms with Crippen LogP contribution in [0.25, 0.3) is 11.0 Å². The molecule has 0 aliphatic carbocycles. The number of nitrogen functional groups attached to an aromatic ring is 1. The topological polar surface area (TPSA) is 48.4 Å². The van der Waals surface area contributed by atoms with Crippen LogP contribution in [0.15, 0.2) is 28.7 Å². The summed E-state index contributed by atoms with van der Waals surface area (Å²) in [7, 11) is 1.54. The molecule has 2 aromatic rings. The van der Waals surface area contributed by atoms with E-state index in [0.29, 0.717) is 11.6 Å². The van der Waals surface area contributed by atoms with Gasteiger partial charge in [0.05, 0.1) is 7.11 Å². The van der Waals surface area contributed by atoms with Crippen LogP contribution in [0.1, 0.15) is 0 Å². The first kappa shape index (κ1) is 7.03. The zero-order valence-corrected chi connectivity index (χ0v) is 6.70. The van der Waals surface area contributed by atoms with E-state index in [9.17, 15) is 0 Å². The van der Waals surface area contributed by atoms with E-state index in [2.05, 4.69) is 0 Å². The van der Waals surface area contributed by atoms with Crippen LogP contribution in [0.3, 0.4) is 0 Å². The molecular weight excluding hydrogens is 154 g/mol. The molecule has 1 heterocycles. The van der Waals surface area contributed by atoms with Gasteiger partial charge in [-0.3, -0.25) is 0 Å². The van der Waals surface area contributed by atoms with Gasteiger partial charge < -0.3 is 14.9 Å². The summed E-state index contributed by atoms with van der Waals surface area (Å²) in [6, 6.07) is 7.56. The molecule has 12 heavy (non-hydrogen) atoms. The second-order valence-corrected chi connectivity index (χ2v) is 2.50. The minimum absolute atomic E-state index is 0.385. The maximum atomic E-state index is 5.73. The summed E-state index contributed by atoms with van der Waals surface area (Å²) in [5, 5.41) is 0.898. The molecule has 0 saturated heterocycles. The van der Waals surface area contributed by atoms with Gasteiger partial charge in [0, 0.05) is 5.39 Å². The molecule has 3 heteroatoms. The number of fused-ring (bicyclic) bond motifs is 1. The van der Waals surface area contributed by atoms with Crippen molar-refractivity contribution in [2.45, 2.75) is 0 Å². The summed E-state index contributed by atoms with van der Waals surface area (Å²) < 4.78 is 10.2. The summed E-state index contributed by atoms with van der Waals surface area (Å²) >= 11 is 0. The lowest BCUT2D eigenvalue weighted by Gasteiger charge is -1.91. The van der Waals surface area contributed by atoms with Gasteiger partial charge in [0.25, 0.3) is 0 Å². The highest BCUT2D eigenvalue weighted by atomic mass is 16.6. The van der Waals surface area contributed by atoms with Gasteiger partial charge in [-0.25, -0.2) is 0 Å². The quantitative estimate of drug-likeness (QED) is 0.699. The molecule has 0 amide bonds. The molecule has 0 spiro atoms. The molecule has 0 aliphatic rings. The number of hydrogen-bond donors (Lipinski definition) is 1. The van der Waals surface area contributed by atoms with Crippen LogP contribution in [-0.2, 0) is 0 Å². The molecule has 0 saturated carbocycles. The summed E-state index contributed by atoms with van der Waals surface area (Å²) in [5.74, 6) is 0.385. The number of methoxy groups -OCH3 is 1. The minimum atomic E-state index is 0.385. The highest BCUT2D eigenvalue weighted by molar-refractivity contribution is 5.92. The molecule has 0 atom stereocenters. The van der Waals surface area contributed by atoms with Gasteiger partial charge in [0.2, 0.25) is 0 Å². The predicted octanol–water partition coefficient (Wildman–Crippen LogP) is 2.02. The van der Waals surface area contributed by atoms with Crippen LogP contribution in [-0.4, -0.2) is 7.11 Å². The number of benzene rings is 1. The van der Waals surface area contributed by atoms with E-state index < -0.39 is 0 Å². The van der Waals surface area contributed by atoms with E-state index in [-0.39, 0.29) is 0 Å².